The minimum absolute atomic E-state index is 0.00192. The van der Waals surface area contributed by atoms with Crippen molar-refractivity contribution in [1.29, 1.82) is 0 Å². The van der Waals surface area contributed by atoms with Gasteiger partial charge in [0.25, 0.3) is 0 Å². The molecule has 2 N–H and O–H groups in total. The van der Waals surface area contributed by atoms with E-state index >= 15 is 0 Å². The monoisotopic (exact) mass is 226 g/mol. The van der Waals surface area contributed by atoms with Crippen LogP contribution in [0.2, 0.25) is 0 Å². The van der Waals surface area contributed by atoms with Gasteiger partial charge < -0.3 is 10.5 Å². The zero-order valence-corrected chi connectivity index (χ0v) is 9.63. The van der Waals surface area contributed by atoms with Crippen molar-refractivity contribution in [3.63, 3.8) is 0 Å². The third-order valence-corrected chi connectivity index (χ3v) is 3.53. The van der Waals surface area contributed by atoms with Crippen molar-refractivity contribution >= 4 is 22.4 Å². The zero-order valence-electron chi connectivity index (χ0n) is 8.82. The van der Waals surface area contributed by atoms with Gasteiger partial charge in [-0.25, -0.2) is 4.98 Å². The molecule has 0 aliphatic carbocycles. The van der Waals surface area contributed by atoms with E-state index in [1.807, 2.05) is 19.2 Å². The predicted octanol–water partition coefficient (Wildman–Crippen LogP) is 1.91. The highest BCUT2D eigenvalue weighted by Gasteiger charge is 2.45. The number of carbonyl (C=O) groups is 1. The number of cyclic esters (lactones) is 1. The molecule has 0 saturated carbocycles. The number of carbonyl (C=O) groups excluding carboxylic acids is 1. The number of aromatic nitrogens is 1. The normalized spacial score (nSPS) is 30.5. The molecule has 1 aliphatic rings. The third-order valence-electron chi connectivity index (χ3n) is 2.85. The topological polar surface area (TPSA) is 65.2 Å². The molecule has 0 amide bonds. The number of hydrogen-bond donors (Lipinski definition) is 1. The Kier molecular flexibility index (Phi) is 2.42. The van der Waals surface area contributed by atoms with Crippen LogP contribution in [-0.2, 0) is 15.1 Å². The largest absolute Gasteiger partial charge is 0.453 e. The van der Waals surface area contributed by atoms with Crippen molar-refractivity contribution in [2.24, 2.45) is 5.92 Å². The number of rotatable bonds is 2. The van der Waals surface area contributed by atoms with E-state index in [-0.39, 0.29) is 11.9 Å². The summed E-state index contributed by atoms with van der Waals surface area (Å²) in [4.78, 5) is 15.7. The summed E-state index contributed by atoms with van der Waals surface area (Å²) in [7, 11) is 0. The highest BCUT2D eigenvalue weighted by Crippen LogP contribution is 2.41. The van der Waals surface area contributed by atoms with E-state index in [2.05, 4.69) is 4.98 Å². The van der Waals surface area contributed by atoms with E-state index < -0.39 is 5.60 Å². The van der Waals surface area contributed by atoms with E-state index in [0.29, 0.717) is 11.6 Å². The Balaban J connectivity index is 2.26. The molecule has 2 rings (SSSR count). The van der Waals surface area contributed by atoms with Gasteiger partial charge in [0.15, 0.2) is 10.7 Å². The van der Waals surface area contributed by atoms with Crippen molar-refractivity contribution < 1.29 is 9.53 Å². The van der Waals surface area contributed by atoms with Crippen LogP contribution in [0.4, 0.5) is 5.13 Å². The zero-order chi connectivity index (χ0) is 11.1. The Morgan fingerprint density at radius 3 is 3.00 bits per heavy atom. The predicted molar refractivity (Wildman–Crippen MR) is 58.4 cm³/mol. The maximum absolute atomic E-state index is 11.5. The lowest BCUT2D eigenvalue weighted by atomic mass is 9.92. The molecule has 0 radical (unpaired) electrons. The molecule has 5 heteroatoms. The second-order valence-corrected chi connectivity index (χ2v) is 4.92. The van der Waals surface area contributed by atoms with Crippen molar-refractivity contribution in [2.45, 2.75) is 32.3 Å². The smallest absolute Gasteiger partial charge is 0.310 e. The molecule has 0 aromatic carbocycles. The summed E-state index contributed by atoms with van der Waals surface area (Å²) in [5, 5.41) is 2.38. The molecular weight excluding hydrogens is 212 g/mol. The van der Waals surface area contributed by atoms with Gasteiger partial charge in [-0.1, -0.05) is 6.92 Å². The summed E-state index contributed by atoms with van der Waals surface area (Å²) < 4.78 is 5.40. The summed E-state index contributed by atoms with van der Waals surface area (Å²) in [6.45, 7) is 3.89. The fourth-order valence-corrected chi connectivity index (χ4v) is 2.58. The molecule has 1 saturated heterocycles. The second kappa shape index (κ2) is 3.48. The number of nitrogens with two attached hydrogens (primary N) is 1. The van der Waals surface area contributed by atoms with Crippen LogP contribution in [0.5, 0.6) is 0 Å². The van der Waals surface area contributed by atoms with Crippen molar-refractivity contribution in [1.82, 2.24) is 4.98 Å². The number of nitrogen functional groups attached to an aromatic ring is 1. The fourth-order valence-electron chi connectivity index (χ4n) is 1.90. The maximum atomic E-state index is 11.5. The van der Waals surface area contributed by atoms with Crippen LogP contribution in [0, 0.1) is 5.92 Å². The van der Waals surface area contributed by atoms with Gasteiger partial charge in [0, 0.05) is 11.8 Å². The summed E-state index contributed by atoms with van der Waals surface area (Å²) in [5.41, 5.74) is 5.77. The van der Waals surface area contributed by atoms with Gasteiger partial charge in [-0.05, 0) is 13.3 Å². The number of ether oxygens (including phenoxy) is 1. The molecule has 82 valence electrons. The van der Waals surface area contributed by atoms with Gasteiger partial charge in [0.1, 0.15) is 0 Å². The van der Waals surface area contributed by atoms with Crippen molar-refractivity contribution in [3.8, 4) is 0 Å². The molecule has 1 fully saturated rings. The molecule has 2 atom stereocenters. The highest BCUT2D eigenvalue weighted by molar-refractivity contribution is 7.13. The quantitative estimate of drug-likeness (QED) is 0.782. The summed E-state index contributed by atoms with van der Waals surface area (Å²) in [6.07, 6.45) is 1.51. The molecule has 4 nitrogen and oxygen atoms in total. The molecule has 2 heterocycles. The van der Waals surface area contributed by atoms with Gasteiger partial charge in [0.2, 0.25) is 0 Å². The fraction of sp³-hybridized carbons (Fsp3) is 0.600. The number of nitrogens with zero attached hydrogens (tertiary/aromatic N) is 1. The van der Waals surface area contributed by atoms with E-state index in [9.17, 15) is 4.79 Å². The van der Waals surface area contributed by atoms with Crippen LogP contribution >= 0.6 is 11.3 Å². The lowest BCUT2D eigenvalue weighted by molar-refractivity contribution is -0.150. The van der Waals surface area contributed by atoms with E-state index in [1.54, 1.807) is 0 Å². The van der Waals surface area contributed by atoms with Crippen LogP contribution in [0.15, 0.2) is 5.38 Å². The van der Waals surface area contributed by atoms with E-state index in [4.69, 9.17) is 10.5 Å². The first kappa shape index (κ1) is 10.4. The number of esters is 1. The maximum Gasteiger partial charge on any atom is 0.310 e. The molecule has 1 aromatic rings. The van der Waals surface area contributed by atoms with Gasteiger partial charge >= 0.3 is 5.97 Å². The van der Waals surface area contributed by atoms with Crippen LogP contribution in [0.25, 0.3) is 0 Å². The van der Waals surface area contributed by atoms with Crippen LogP contribution in [0.3, 0.4) is 0 Å². The minimum Gasteiger partial charge on any atom is -0.453 e. The van der Waals surface area contributed by atoms with Crippen LogP contribution < -0.4 is 5.73 Å². The first-order valence-electron chi connectivity index (χ1n) is 4.99. The van der Waals surface area contributed by atoms with Gasteiger partial charge in [-0.3, -0.25) is 4.79 Å². The Morgan fingerprint density at radius 2 is 2.53 bits per heavy atom. The summed E-state index contributed by atoms with van der Waals surface area (Å²) in [6, 6.07) is 0. The molecule has 15 heavy (non-hydrogen) atoms. The third kappa shape index (κ3) is 1.71. The molecule has 0 bridgehead atoms. The number of anilines is 1. The molecule has 1 aliphatic heterocycles. The lowest BCUT2D eigenvalue weighted by Crippen LogP contribution is -2.21. The van der Waals surface area contributed by atoms with E-state index in [0.717, 1.165) is 12.1 Å². The van der Waals surface area contributed by atoms with Crippen molar-refractivity contribution in [2.75, 3.05) is 5.73 Å². The number of thiazole rings is 1. The van der Waals surface area contributed by atoms with Gasteiger partial charge in [0.05, 0.1) is 11.6 Å². The average Bonchev–Trinajstić information content (AvgIpc) is 2.72. The SMILES string of the molecule is CCC1CC(C)(c2csc(N)n2)OC1=O. The molecule has 1 aromatic heterocycles. The molecule has 2 unspecified atom stereocenters. The van der Waals surface area contributed by atoms with E-state index in [1.165, 1.54) is 11.3 Å². The van der Waals surface area contributed by atoms with Crippen molar-refractivity contribution in [3.05, 3.63) is 11.1 Å². The van der Waals surface area contributed by atoms with Gasteiger partial charge in [-0.2, -0.15) is 0 Å². The average molecular weight is 226 g/mol. The first-order valence-corrected chi connectivity index (χ1v) is 5.87. The second-order valence-electron chi connectivity index (χ2n) is 4.03. The Labute approximate surface area is 92.5 Å². The molecule has 0 spiro atoms. The van der Waals surface area contributed by atoms with Crippen LogP contribution in [-0.4, -0.2) is 11.0 Å². The molecular formula is C10H14N2O2S. The summed E-state index contributed by atoms with van der Waals surface area (Å²) >= 11 is 1.38. The first-order chi connectivity index (χ1) is 7.05. The van der Waals surface area contributed by atoms with Crippen LogP contribution in [0.1, 0.15) is 32.4 Å². The standard InChI is InChI=1S/C10H14N2O2S/c1-3-6-4-10(2,14-8(6)13)7-5-15-9(11)12-7/h5-6H,3-4H2,1-2H3,(H2,11,12). The Hall–Kier alpha value is -1.10. The summed E-state index contributed by atoms with van der Waals surface area (Å²) in [5.74, 6) is -0.121. The Bertz CT molecular complexity index is 391. The van der Waals surface area contributed by atoms with Gasteiger partial charge in [-0.15, -0.1) is 11.3 Å². The minimum atomic E-state index is -0.577. The highest BCUT2D eigenvalue weighted by atomic mass is 32.1. The Morgan fingerprint density at radius 1 is 1.80 bits per heavy atom. The lowest BCUT2D eigenvalue weighted by Gasteiger charge is -2.19. The number of hydrogen-bond acceptors (Lipinski definition) is 5.